The van der Waals surface area contributed by atoms with E-state index in [2.05, 4.69) is 37.2 Å². The highest BCUT2D eigenvalue weighted by atomic mass is 16.3. The van der Waals surface area contributed by atoms with E-state index in [1.165, 1.54) is 43.0 Å². The number of nitrogens with one attached hydrogen (secondary N) is 7. The maximum atomic E-state index is 14.7. The number of benzene rings is 1. The molecule has 0 saturated carbocycles. The van der Waals surface area contributed by atoms with Gasteiger partial charge in [0, 0.05) is 19.4 Å². The molecule has 0 unspecified atom stereocenters. The zero-order chi connectivity index (χ0) is 54.1. The number of likely N-dealkylation sites (tertiary alicyclic amines) is 1. The van der Waals surface area contributed by atoms with Crippen molar-refractivity contribution in [3.63, 3.8) is 0 Å². The number of primary amides is 3. The number of nitrogens with zero attached hydrogens (tertiary/aromatic N) is 2. The second kappa shape index (κ2) is 27.3. The van der Waals surface area contributed by atoms with Crippen LogP contribution in [0.4, 0.5) is 0 Å². The van der Waals surface area contributed by atoms with E-state index in [0.717, 1.165) is 4.90 Å². The number of phenolic OH excluding ortho intramolecular Hbond substituents is 1. The molecule has 0 spiro atoms. The van der Waals surface area contributed by atoms with Gasteiger partial charge in [-0.15, -0.1) is 0 Å². The van der Waals surface area contributed by atoms with E-state index >= 15 is 0 Å². The van der Waals surface area contributed by atoms with Gasteiger partial charge in [0.15, 0.2) is 0 Å². The Balaban J connectivity index is 1.85. The lowest BCUT2D eigenvalue weighted by atomic mass is 9.94. The monoisotopic (exact) mass is 1010 g/mol. The number of carbonyl (C=O) groups is 12. The van der Waals surface area contributed by atoms with Crippen molar-refractivity contribution in [3.05, 3.63) is 29.8 Å². The van der Waals surface area contributed by atoms with Gasteiger partial charge in [-0.3, -0.25) is 57.5 Å². The van der Waals surface area contributed by atoms with E-state index < -0.39 is 151 Å². The van der Waals surface area contributed by atoms with Crippen LogP contribution < -0.4 is 60.2 Å². The van der Waals surface area contributed by atoms with E-state index in [0.29, 0.717) is 18.4 Å². The minimum atomic E-state index is -1.74. The predicted molar refractivity (Wildman–Crippen MR) is 256 cm³/mol. The average Bonchev–Trinajstić information content (AvgIpc) is 3.81. The summed E-state index contributed by atoms with van der Waals surface area (Å²) in [5, 5.41) is 27.3. The van der Waals surface area contributed by atoms with Crippen LogP contribution >= 0.6 is 0 Å². The van der Waals surface area contributed by atoms with Gasteiger partial charge in [0.2, 0.25) is 70.9 Å². The highest BCUT2D eigenvalue weighted by Crippen LogP contribution is 2.22. The number of aromatic hydroxyl groups is 1. The third-order valence-corrected chi connectivity index (χ3v) is 12.2. The van der Waals surface area contributed by atoms with Crippen molar-refractivity contribution >= 4 is 70.9 Å². The van der Waals surface area contributed by atoms with Crippen LogP contribution in [0, 0.1) is 11.8 Å². The zero-order valence-electron chi connectivity index (χ0n) is 41.5. The van der Waals surface area contributed by atoms with Crippen LogP contribution in [0.1, 0.15) is 92.1 Å². The topological polar surface area (TPSA) is 420 Å². The Morgan fingerprint density at radius 2 is 1.36 bits per heavy atom. The van der Waals surface area contributed by atoms with Crippen molar-refractivity contribution in [1.29, 1.82) is 0 Å². The van der Waals surface area contributed by atoms with Crippen LogP contribution in [-0.4, -0.2) is 160 Å². The first-order valence-electron chi connectivity index (χ1n) is 23.8. The second-order valence-electron chi connectivity index (χ2n) is 18.7. The molecule has 1 aromatic rings. The van der Waals surface area contributed by atoms with Gasteiger partial charge >= 0.3 is 0 Å². The molecule has 72 heavy (non-hydrogen) atoms. The third kappa shape index (κ3) is 17.5. The van der Waals surface area contributed by atoms with Crippen LogP contribution in [-0.2, 0) is 64.0 Å². The van der Waals surface area contributed by atoms with Crippen molar-refractivity contribution in [2.24, 2.45) is 34.8 Å². The summed E-state index contributed by atoms with van der Waals surface area (Å²) in [6.07, 6.45) is -0.442. The Morgan fingerprint density at radius 1 is 0.736 bits per heavy atom. The average molecular weight is 1010 g/mol. The Morgan fingerprint density at radius 3 is 1.93 bits per heavy atom. The highest BCUT2D eigenvalue weighted by molar-refractivity contribution is 6.01. The van der Waals surface area contributed by atoms with E-state index in [-0.39, 0.29) is 50.3 Å². The van der Waals surface area contributed by atoms with Crippen molar-refractivity contribution < 1.29 is 62.6 Å². The molecule has 3 rings (SSSR count). The van der Waals surface area contributed by atoms with Gasteiger partial charge in [0.05, 0.1) is 25.6 Å². The Labute approximate surface area is 416 Å². The predicted octanol–water partition coefficient (Wildman–Crippen LogP) is -4.75. The van der Waals surface area contributed by atoms with Crippen LogP contribution in [0.5, 0.6) is 5.75 Å². The molecule has 0 radical (unpaired) electrons. The molecule has 2 aliphatic rings. The molecule has 0 aliphatic carbocycles. The van der Waals surface area contributed by atoms with Gasteiger partial charge in [0.25, 0.3) is 0 Å². The number of nitrogens with two attached hydrogens (primary N) is 4. The summed E-state index contributed by atoms with van der Waals surface area (Å²) in [5.74, 6) is -10.8. The van der Waals surface area contributed by atoms with Gasteiger partial charge in [-0.05, 0) is 69.1 Å². The van der Waals surface area contributed by atoms with Crippen LogP contribution in [0.2, 0.25) is 0 Å². The van der Waals surface area contributed by atoms with E-state index in [4.69, 9.17) is 22.9 Å². The molecule has 26 heteroatoms. The van der Waals surface area contributed by atoms with Crippen molar-refractivity contribution in [1.82, 2.24) is 47.0 Å². The largest absolute Gasteiger partial charge is 0.508 e. The summed E-state index contributed by atoms with van der Waals surface area (Å²) in [6, 6.07) is -6.06. The lowest BCUT2D eigenvalue weighted by molar-refractivity contribution is -0.151. The van der Waals surface area contributed by atoms with Crippen molar-refractivity contribution in [2.75, 3.05) is 19.6 Å². The van der Waals surface area contributed by atoms with Crippen LogP contribution in [0.25, 0.3) is 0 Å². The first-order chi connectivity index (χ1) is 33.7. The van der Waals surface area contributed by atoms with Gasteiger partial charge in [-0.1, -0.05) is 46.2 Å². The minimum Gasteiger partial charge on any atom is -0.508 e. The molecule has 0 aromatic heterocycles. The van der Waals surface area contributed by atoms with Crippen molar-refractivity contribution in [3.8, 4) is 5.75 Å². The van der Waals surface area contributed by atoms with Gasteiger partial charge < -0.3 is 75.1 Å². The highest BCUT2D eigenvalue weighted by Gasteiger charge is 2.45. The maximum Gasteiger partial charge on any atom is 0.246 e. The Bertz CT molecular complexity index is 2190. The normalized spacial score (nSPS) is 19.4. The summed E-state index contributed by atoms with van der Waals surface area (Å²) in [7, 11) is 0. The Kier molecular flexibility index (Phi) is 22.3. The molecule has 26 nitrogen and oxygen atoms in total. The van der Waals surface area contributed by atoms with E-state index in [9.17, 15) is 62.6 Å². The summed E-state index contributed by atoms with van der Waals surface area (Å²) in [6.45, 7) is 8.78. The molecule has 10 atom stereocenters. The standard InChI is InChI=1S/C46H71N13O13/c1-7-23(4)37(57-41(67)29(53-38(64)24(5)47)18-26-10-12-27(60)13-11-26)46(72)59-21-31(56-44(70)33(59)14-15-34(48)61)42(68)54-30(19-35(49)62)40(66)52-25(6)45(71)58-16-8-9-32(58)43(69)55-28(17-22(2)3)39(65)51-20-36(50)63/h10-13,22-25,28-33,37,60H,7-9,14-21,47H2,1-6H3,(H2,48,61)(H2,49,62)(H2,50,63)(H,51,65)(H,52,66)(H,53,64)(H,54,68)(H,55,69)(H,56,70)(H,57,67)/t23-,24-,25-,28-,29-,30-,31+,32-,33-,37-/m0/s1. The number of hydrogen-bond acceptors (Lipinski definition) is 14. The summed E-state index contributed by atoms with van der Waals surface area (Å²) < 4.78 is 0. The minimum absolute atomic E-state index is 0.0444. The fourth-order valence-electron chi connectivity index (χ4n) is 8.11. The van der Waals surface area contributed by atoms with Crippen molar-refractivity contribution in [2.45, 2.75) is 147 Å². The van der Waals surface area contributed by atoms with Gasteiger partial charge in [0.1, 0.15) is 54.1 Å². The zero-order valence-corrected chi connectivity index (χ0v) is 41.5. The van der Waals surface area contributed by atoms with E-state index in [1.54, 1.807) is 13.8 Å². The SMILES string of the molecule is CC[C@H](C)[C@H](NC(=O)[C@H](Cc1ccc(O)cc1)NC(=O)[C@H](C)N)C(=O)N1C[C@H](C(=O)N[C@@H](CC(N)=O)C(=O)N[C@@H](C)C(=O)N2CCC[C@H]2C(=O)N[C@@H](CC(C)C)C(=O)NCC(N)=O)NC(=O)[C@@H]1CCC(N)=O. The number of amides is 12. The van der Waals surface area contributed by atoms with Gasteiger partial charge in [-0.25, -0.2) is 0 Å². The molecular weight excluding hydrogens is 943 g/mol. The molecule has 1 aromatic carbocycles. The quantitative estimate of drug-likeness (QED) is 0.0415. The lowest BCUT2D eigenvalue weighted by Crippen LogP contribution is -2.69. The molecular formula is C46H71N13O13. The number of carbonyl (C=O) groups excluding carboxylic acids is 12. The molecule has 2 fully saturated rings. The maximum absolute atomic E-state index is 14.7. The number of hydrogen-bond donors (Lipinski definition) is 12. The lowest BCUT2D eigenvalue weighted by Gasteiger charge is -2.41. The van der Waals surface area contributed by atoms with Gasteiger partial charge in [-0.2, -0.15) is 0 Å². The smallest absolute Gasteiger partial charge is 0.246 e. The number of phenols is 1. The fourth-order valence-corrected chi connectivity index (χ4v) is 8.11. The first-order valence-corrected chi connectivity index (χ1v) is 23.8. The third-order valence-electron chi connectivity index (χ3n) is 12.2. The summed E-state index contributed by atoms with van der Waals surface area (Å²) >= 11 is 0. The number of rotatable bonds is 26. The summed E-state index contributed by atoms with van der Waals surface area (Å²) in [5.41, 5.74) is 22.3. The van der Waals surface area contributed by atoms with Crippen LogP contribution in [0.15, 0.2) is 24.3 Å². The fraction of sp³-hybridized carbons (Fsp3) is 0.609. The molecule has 2 heterocycles. The molecule has 16 N–H and O–H groups in total. The summed E-state index contributed by atoms with van der Waals surface area (Å²) in [4.78, 5) is 161. The van der Waals surface area contributed by atoms with E-state index in [1.807, 2.05) is 13.8 Å². The molecule has 398 valence electrons. The Hall–Kier alpha value is -7.38. The second-order valence-corrected chi connectivity index (χ2v) is 18.7. The molecule has 2 saturated heterocycles. The molecule has 2 aliphatic heterocycles. The first kappa shape index (κ1) is 58.9. The number of piperazine rings is 1. The molecule has 0 bridgehead atoms. The van der Waals surface area contributed by atoms with Crippen LogP contribution in [0.3, 0.4) is 0 Å². The molecule has 12 amide bonds.